The first kappa shape index (κ1) is 21.2. The van der Waals surface area contributed by atoms with Crippen LogP contribution in [0.3, 0.4) is 0 Å². The highest BCUT2D eigenvalue weighted by atomic mass is 32.2. The average molecular weight is 404 g/mol. The summed E-state index contributed by atoms with van der Waals surface area (Å²) in [6, 6.07) is 23.0. The van der Waals surface area contributed by atoms with Gasteiger partial charge in [-0.05, 0) is 68.1 Å². The Morgan fingerprint density at radius 1 is 0.897 bits per heavy atom. The molecule has 3 rings (SSSR count). The van der Waals surface area contributed by atoms with E-state index in [0.717, 1.165) is 12.2 Å². The van der Waals surface area contributed by atoms with Gasteiger partial charge in [-0.1, -0.05) is 60.5 Å². The molecule has 0 heterocycles. The van der Waals surface area contributed by atoms with Crippen LogP contribution < -0.4 is 5.32 Å². The zero-order valence-electron chi connectivity index (χ0n) is 17.7. The molecule has 0 aliphatic carbocycles. The van der Waals surface area contributed by atoms with E-state index in [9.17, 15) is 4.79 Å². The maximum atomic E-state index is 12.8. The number of hydrogen-bond donors (Lipinski definition) is 1. The molecule has 1 atom stereocenters. The van der Waals surface area contributed by atoms with Crippen LogP contribution >= 0.6 is 11.8 Å². The normalized spacial score (nSPS) is 11.9. The van der Waals surface area contributed by atoms with Gasteiger partial charge >= 0.3 is 0 Å². The molecular formula is C26H29NOS. The smallest absolute Gasteiger partial charge is 0.251 e. The average Bonchev–Trinajstić information content (AvgIpc) is 2.72. The summed E-state index contributed by atoms with van der Waals surface area (Å²) in [5, 5.41) is 3.20. The molecule has 0 aliphatic rings. The molecule has 3 heteroatoms. The molecule has 1 N–H and O–H groups in total. The molecule has 0 aliphatic heterocycles. The number of amides is 1. The van der Waals surface area contributed by atoms with Gasteiger partial charge in [-0.25, -0.2) is 0 Å². The van der Waals surface area contributed by atoms with Crippen LogP contribution in [0.1, 0.15) is 57.6 Å². The lowest BCUT2D eigenvalue weighted by Gasteiger charge is -2.20. The second-order valence-corrected chi connectivity index (χ2v) is 8.64. The standard InChI is InChI=1S/C26H29NOS/c1-5-25(24-15-8-19(3)16-20(24)4)27-26(28)22-11-9-21(10-12-22)17-29-23-13-6-18(2)7-14-23/h6-16,25H,5,17H2,1-4H3,(H,27,28). The van der Waals surface area contributed by atoms with Crippen molar-refractivity contribution < 1.29 is 4.79 Å². The molecule has 0 fully saturated rings. The van der Waals surface area contributed by atoms with Crippen molar-refractivity contribution in [2.24, 2.45) is 0 Å². The van der Waals surface area contributed by atoms with E-state index in [2.05, 4.69) is 75.5 Å². The molecule has 3 aromatic carbocycles. The maximum Gasteiger partial charge on any atom is 0.251 e. The molecule has 29 heavy (non-hydrogen) atoms. The first-order valence-electron chi connectivity index (χ1n) is 10.1. The Bertz CT molecular complexity index is 961. The minimum absolute atomic E-state index is 0.0189. The fourth-order valence-corrected chi connectivity index (χ4v) is 4.27. The Labute approximate surface area is 178 Å². The van der Waals surface area contributed by atoms with Crippen LogP contribution in [0.2, 0.25) is 0 Å². The highest BCUT2D eigenvalue weighted by Crippen LogP contribution is 2.24. The molecule has 0 aromatic heterocycles. The molecule has 3 aromatic rings. The molecule has 0 bridgehead atoms. The summed E-state index contributed by atoms with van der Waals surface area (Å²) in [5.74, 6) is 0.875. The van der Waals surface area contributed by atoms with Gasteiger partial charge in [0.1, 0.15) is 0 Å². The van der Waals surface area contributed by atoms with Crippen molar-refractivity contribution in [1.29, 1.82) is 0 Å². The molecule has 2 nitrogen and oxygen atoms in total. The van der Waals surface area contributed by atoms with Crippen LogP contribution in [0.25, 0.3) is 0 Å². The minimum atomic E-state index is -0.0189. The number of hydrogen-bond acceptors (Lipinski definition) is 2. The van der Waals surface area contributed by atoms with Crippen molar-refractivity contribution in [3.05, 3.63) is 100 Å². The third-order valence-electron chi connectivity index (χ3n) is 5.16. The van der Waals surface area contributed by atoms with E-state index >= 15 is 0 Å². The Balaban J connectivity index is 1.62. The topological polar surface area (TPSA) is 29.1 Å². The van der Waals surface area contributed by atoms with E-state index < -0.39 is 0 Å². The van der Waals surface area contributed by atoms with E-state index in [1.807, 2.05) is 36.0 Å². The third-order valence-corrected chi connectivity index (χ3v) is 6.24. The fraction of sp³-hybridized carbons (Fsp3) is 0.269. The SMILES string of the molecule is CCC(NC(=O)c1ccc(CSc2ccc(C)cc2)cc1)c1ccc(C)cc1C. The van der Waals surface area contributed by atoms with Crippen molar-refractivity contribution in [3.63, 3.8) is 0 Å². The predicted octanol–water partition coefficient (Wildman–Crippen LogP) is 6.79. The monoisotopic (exact) mass is 403 g/mol. The Hall–Kier alpha value is -2.52. The quantitative estimate of drug-likeness (QED) is 0.440. The van der Waals surface area contributed by atoms with Crippen LogP contribution in [0, 0.1) is 20.8 Å². The Morgan fingerprint density at radius 3 is 2.17 bits per heavy atom. The molecule has 1 unspecified atom stereocenters. The zero-order chi connectivity index (χ0) is 20.8. The van der Waals surface area contributed by atoms with Crippen molar-refractivity contribution in [2.45, 2.75) is 50.8 Å². The number of carbonyl (C=O) groups excluding carboxylic acids is 1. The van der Waals surface area contributed by atoms with Crippen molar-refractivity contribution in [3.8, 4) is 0 Å². The lowest BCUT2D eigenvalue weighted by atomic mass is 9.97. The van der Waals surface area contributed by atoms with E-state index in [-0.39, 0.29) is 11.9 Å². The van der Waals surface area contributed by atoms with Gasteiger partial charge in [0, 0.05) is 16.2 Å². The molecule has 0 saturated heterocycles. The second-order valence-electron chi connectivity index (χ2n) is 7.59. The van der Waals surface area contributed by atoms with Crippen molar-refractivity contribution in [1.82, 2.24) is 5.32 Å². The van der Waals surface area contributed by atoms with Crippen molar-refractivity contribution >= 4 is 17.7 Å². The van der Waals surface area contributed by atoms with Gasteiger partial charge in [0.25, 0.3) is 5.91 Å². The molecular weight excluding hydrogens is 374 g/mol. The van der Waals surface area contributed by atoms with E-state index in [1.54, 1.807) is 0 Å². The van der Waals surface area contributed by atoms with E-state index in [4.69, 9.17) is 0 Å². The van der Waals surface area contributed by atoms with Crippen LogP contribution in [-0.2, 0) is 5.75 Å². The maximum absolute atomic E-state index is 12.8. The largest absolute Gasteiger partial charge is 0.345 e. The number of nitrogens with one attached hydrogen (secondary N) is 1. The zero-order valence-corrected chi connectivity index (χ0v) is 18.5. The van der Waals surface area contributed by atoms with Gasteiger partial charge < -0.3 is 5.32 Å². The summed E-state index contributed by atoms with van der Waals surface area (Å²) >= 11 is 1.81. The Kier molecular flexibility index (Phi) is 7.16. The second kappa shape index (κ2) is 9.80. The molecule has 0 radical (unpaired) electrons. The van der Waals surface area contributed by atoms with Gasteiger partial charge in [-0.2, -0.15) is 0 Å². The van der Waals surface area contributed by atoms with E-state index in [0.29, 0.717) is 5.56 Å². The van der Waals surface area contributed by atoms with E-state index in [1.165, 1.54) is 32.7 Å². The summed E-state index contributed by atoms with van der Waals surface area (Å²) in [6.07, 6.45) is 0.862. The first-order valence-corrected chi connectivity index (χ1v) is 11.1. The Morgan fingerprint density at radius 2 is 1.55 bits per heavy atom. The molecule has 150 valence electrons. The summed E-state index contributed by atoms with van der Waals surface area (Å²) in [4.78, 5) is 14.0. The number of thioether (sulfide) groups is 1. The van der Waals surface area contributed by atoms with Gasteiger partial charge in [0.05, 0.1) is 6.04 Å². The molecule has 1 amide bonds. The summed E-state index contributed by atoms with van der Waals surface area (Å²) in [7, 11) is 0. The summed E-state index contributed by atoms with van der Waals surface area (Å²) in [5.41, 5.74) is 6.85. The lowest BCUT2D eigenvalue weighted by molar-refractivity contribution is 0.0935. The number of benzene rings is 3. The third kappa shape index (κ3) is 5.74. The van der Waals surface area contributed by atoms with Gasteiger partial charge in [0.2, 0.25) is 0 Å². The number of aryl methyl sites for hydroxylation is 3. The fourth-order valence-electron chi connectivity index (χ4n) is 3.41. The molecule has 0 saturated carbocycles. The van der Waals surface area contributed by atoms with Gasteiger partial charge in [-0.15, -0.1) is 11.8 Å². The van der Waals surface area contributed by atoms with Crippen LogP contribution in [-0.4, -0.2) is 5.91 Å². The first-order chi connectivity index (χ1) is 14.0. The summed E-state index contributed by atoms with van der Waals surface area (Å²) < 4.78 is 0. The van der Waals surface area contributed by atoms with Crippen LogP contribution in [0.15, 0.2) is 71.6 Å². The van der Waals surface area contributed by atoms with Crippen LogP contribution in [0.4, 0.5) is 0 Å². The van der Waals surface area contributed by atoms with Crippen LogP contribution in [0.5, 0.6) is 0 Å². The van der Waals surface area contributed by atoms with Gasteiger partial charge in [0.15, 0.2) is 0 Å². The van der Waals surface area contributed by atoms with Gasteiger partial charge in [-0.3, -0.25) is 4.79 Å². The number of carbonyl (C=O) groups is 1. The predicted molar refractivity (Wildman–Crippen MR) is 124 cm³/mol. The highest BCUT2D eigenvalue weighted by Gasteiger charge is 2.16. The highest BCUT2D eigenvalue weighted by molar-refractivity contribution is 7.98. The lowest BCUT2D eigenvalue weighted by Crippen LogP contribution is -2.28. The molecule has 0 spiro atoms. The summed E-state index contributed by atoms with van der Waals surface area (Å²) in [6.45, 7) is 8.41. The number of rotatable bonds is 7. The van der Waals surface area contributed by atoms with Crippen molar-refractivity contribution in [2.75, 3.05) is 0 Å². The minimum Gasteiger partial charge on any atom is -0.345 e.